The zero-order valence-electron chi connectivity index (χ0n) is 8.01. The Bertz CT molecular complexity index is 410. The molecule has 0 spiro atoms. The van der Waals surface area contributed by atoms with Gasteiger partial charge < -0.3 is 0 Å². The van der Waals surface area contributed by atoms with Crippen LogP contribution in [0.4, 0.5) is 48.3 Å². The summed E-state index contributed by atoms with van der Waals surface area (Å²) in [7, 11) is 0. The molecule has 112 valence electrons. The van der Waals surface area contributed by atoms with Crippen molar-refractivity contribution in [1.29, 1.82) is 0 Å². The van der Waals surface area contributed by atoms with E-state index in [1.54, 1.807) is 0 Å². The third-order valence-electron chi connectivity index (χ3n) is 2.17. The summed E-state index contributed by atoms with van der Waals surface area (Å²) in [5.41, 5.74) is 0. The lowest BCUT2D eigenvalue weighted by atomic mass is 9.95. The number of halogens is 11. The van der Waals surface area contributed by atoms with Gasteiger partial charge >= 0.3 is 36.0 Å². The van der Waals surface area contributed by atoms with E-state index >= 15 is 0 Å². The second-order valence-electron chi connectivity index (χ2n) is 3.37. The van der Waals surface area contributed by atoms with Crippen LogP contribution >= 0.6 is 0 Å². The van der Waals surface area contributed by atoms with Gasteiger partial charge in [0.2, 0.25) is 0 Å². The molecule has 1 fully saturated rings. The van der Waals surface area contributed by atoms with E-state index in [1.165, 1.54) is 0 Å². The maximum absolute atomic E-state index is 12.7. The molecule has 0 unspecified atom stereocenters. The SMILES string of the molecule is O=C1N(C(F)(F)F)C(F)(F)C(F)(F)C(F)(F)C1(F)F. The molecule has 0 aromatic heterocycles. The number of amides is 1. The van der Waals surface area contributed by atoms with Gasteiger partial charge in [0.15, 0.2) is 0 Å². The summed E-state index contributed by atoms with van der Waals surface area (Å²) in [5.74, 6) is -24.9. The van der Waals surface area contributed by atoms with Crippen LogP contribution in [-0.4, -0.2) is 40.9 Å². The molecule has 0 aromatic carbocycles. The van der Waals surface area contributed by atoms with E-state index in [9.17, 15) is 53.1 Å². The Kier molecular flexibility index (Phi) is 2.84. The molecule has 1 aliphatic rings. The van der Waals surface area contributed by atoms with E-state index in [4.69, 9.17) is 0 Å². The van der Waals surface area contributed by atoms with Crippen molar-refractivity contribution in [2.45, 2.75) is 30.1 Å². The third-order valence-corrected chi connectivity index (χ3v) is 2.17. The number of nitrogens with zero attached hydrogens (tertiary/aromatic N) is 1. The molecule has 19 heavy (non-hydrogen) atoms. The molecule has 0 radical (unpaired) electrons. The van der Waals surface area contributed by atoms with Gasteiger partial charge in [-0.3, -0.25) is 4.79 Å². The zero-order chi connectivity index (χ0) is 15.7. The van der Waals surface area contributed by atoms with Crippen molar-refractivity contribution < 1.29 is 53.1 Å². The Morgan fingerprint density at radius 2 is 1.16 bits per heavy atom. The number of carbonyl (C=O) groups excluding carboxylic acids is 1. The first-order valence-corrected chi connectivity index (χ1v) is 3.95. The highest BCUT2D eigenvalue weighted by molar-refractivity contribution is 5.87. The molecule has 1 saturated heterocycles. The number of rotatable bonds is 0. The highest BCUT2D eigenvalue weighted by Gasteiger charge is 2.92. The molecule has 0 N–H and O–H groups in total. The van der Waals surface area contributed by atoms with Crippen molar-refractivity contribution in [3.63, 3.8) is 0 Å². The molecular formula is C6F11NO. The number of likely N-dealkylation sites (tertiary alicyclic amines) is 1. The fraction of sp³-hybridized carbons (Fsp3) is 0.833. The van der Waals surface area contributed by atoms with Gasteiger partial charge in [0.05, 0.1) is 0 Å². The minimum absolute atomic E-state index is 3.20. The molecule has 1 amide bonds. The maximum Gasteiger partial charge on any atom is 0.492 e. The Balaban J connectivity index is 3.62. The molecule has 1 aliphatic heterocycles. The van der Waals surface area contributed by atoms with Crippen LogP contribution in [0.3, 0.4) is 0 Å². The first-order chi connectivity index (χ1) is 8.03. The summed E-state index contributed by atoms with van der Waals surface area (Å²) < 4.78 is 136. The van der Waals surface area contributed by atoms with Crippen molar-refractivity contribution in [1.82, 2.24) is 4.90 Å². The first kappa shape index (κ1) is 15.8. The van der Waals surface area contributed by atoms with Crippen LogP contribution in [0.5, 0.6) is 0 Å². The monoisotopic (exact) mass is 311 g/mol. The van der Waals surface area contributed by atoms with Gasteiger partial charge in [-0.25, -0.2) is 0 Å². The average Bonchev–Trinajstić information content (AvgIpc) is 2.12. The van der Waals surface area contributed by atoms with Crippen LogP contribution in [0.1, 0.15) is 0 Å². The lowest BCUT2D eigenvalue weighted by Gasteiger charge is -2.46. The number of hydrogen-bond donors (Lipinski definition) is 0. The normalized spacial score (nSPS) is 28.4. The van der Waals surface area contributed by atoms with Crippen LogP contribution in [0.2, 0.25) is 0 Å². The summed E-state index contributed by atoms with van der Waals surface area (Å²) in [4.78, 5) is 7.18. The highest BCUT2D eigenvalue weighted by Crippen LogP contribution is 2.60. The fourth-order valence-corrected chi connectivity index (χ4v) is 1.20. The van der Waals surface area contributed by atoms with Crippen LogP contribution in [0.25, 0.3) is 0 Å². The van der Waals surface area contributed by atoms with Gasteiger partial charge in [0.25, 0.3) is 0 Å². The lowest BCUT2D eigenvalue weighted by Crippen LogP contribution is -2.79. The van der Waals surface area contributed by atoms with Crippen molar-refractivity contribution >= 4 is 5.91 Å². The topological polar surface area (TPSA) is 20.3 Å². The molecule has 1 rings (SSSR count). The summed E-state index contributed by atoms with van der Waals surface area (Å²) in [6.45, 7) is 0. The number of piperidine rings is 1. The Labute approximate surface area is 95.3 Å². The smallest absolute Gasteiger partial charge is 0.267 e. The lowest BCUT2D eigenvalue weighted by molar-refractivity contribution is -0.446. The van der Waals surface area contributed by atoms with Crippen LogP contribution in [-0.2, 0) is 4.79 Å². The molecule has 0 aromatic rings. The largest absolute Gasteiger partial charge is 0.492 e. The molecule has 2 nitrogen and oxygen atoms in total. The average molecular weight is 311 g/mol. The Morgan fingerprint density at radius 3 is 1.47 bits per heavy atom. The van der Waals surface area contributed by atoms with Gasteiger partial charge in [0.1, 0.15) is 0 Å². The van der Waals surface area contributed by atoms with Crippen molar-refractivity contribution in [2.24, 2.45) is 0 Å². The Morgan fingerprint density at radius 1 is 0.789 bits per heavy atom. The van der Waals surface area contributed by atoms with E-state index < -0.39 is 40.9 Å². The predicted octanol–water partition coefficient (Wildman–Crippen LogP) is 2.85. The highest BCUT2D eigenvalue weighted by atomic mass is 19.4. The van der Waals surface area contributed by atoms with Gasteiger partial charge in [0, 0.05) is 0 Å². The number of hydrogen-bond acceptors (Lipinski definition) is 1. The molecule has 0 aliphatic carbocycles. The quantitative estimate of drug-likeness (QED) is 0.498. The van der Waals surface area contributed by atoms with Crippen molar-refractivity contribution in [3.8, 4) is 0 Å². The van der Waals surface area contributed by atoms with Crippen LogP contribution in [0.15, 0.2) is 0 Å². The van der Waals surface area contributed by atoms with Crippen LogP contribution < -0.4 is 0 Å². The van der Waals surface area contributed by atoms with Gasteiger partial charge in [-0.2, -0.15) is 40.0 Å². The molecule has 0 saturated carbocycles. The third kappa shape index (κ3) is 1.59. The summed E-state index contributed by atoms with van der Waals surface area (Å²) in [5, 5.41) is 0. The summed E-state index contributed by atoms with van der Waals surface area (Å²) in [6, 6.07) is -6.87. The molecule has 0 atom stereocenters. The maximum atomic E-state index is 12.7. The summed E-state index contributed by atoms with van der Waals surface area (Å²) >= 11 is 0. The van der Waals surface area contributed by atoms with E-state index in [2.05, 4.69) is 0 Å². The second-order valence-corrected chi connectivity index (χ2v) is 3.37. The standard InChI is InChI=1S/C6F11NO/c7-2(8)1(19)18(6(15,16)17)5(13,14)4(11,12)3(2,9)10. The van der Waals surface area contributed by atoms with Gasteiger partial charge in [-0.05, 0) is 0 Å². The summed E-state index contributed by atoms with van der Waals surface area (Å²) in [6.07, 6.45) is -6.70. The number of carbonyl (C=O) groups is 1. The molecular weight excluding hydrogens is 311 g/mol. The van der Waals surface area contributed by atoms with Crippen molar-refractivity contribution in [3.05, 3.63) is 0 Å². The molecule has 13 heteroatoms. The van der Waals surface area contributed by atoms with E-state index in [-0.39, 0.29) is 0 Å². The second kappa shape index (κ2) is 3.42. The van der Waals surface area contributed by atoms with Gasteiger partial charge in [-0.15, -0.1) is 13.2 Å². The molecule has 0 bridgehead atoms. The first-order valence-electron chi connectivity index (χ1n) is 3.95. The minimum Gasteiger partial charge on any atom is -0.267 e. The Hall–Kier alpha value is -1.30. The van der Waals surface area contributed by atoms with E-state index in [1.807, 2.05) is 0 Å². The van der Waals surface area contributed by atoms with E-state index in [0.29, 0.717) is 0 Å². The zero-order valence-corrected chi connectivity index (χ0v) is 8.01. The minimum atomic E-state index is -7.12. The van der Waals surface area contributed by atoms with Crippen LogP contribution in [0, 0.1) is 0 Å². The van der Waals surface area contributed by atoms with E-state index in [0.717, 1.165) is 0 Å². The van der Waals surface area contributed by atoms with Crippen molar-refractivity contribution in [2.75, 3.05) is 0 Å². The number of alkyl halides is 11. The van der Waals surface area contributed by atoms with Gasteiger partial charge in [-0.1, -0.05) is 0 Å². The fourth-order valence-electron chi connectivity index (χ4n) is 1.20. The predicted molar refractivity (Wildman–Crippen MR) is 32.7 cm³/mol. The molecule has 1 heterocycles.